The summed E-state index contributed by atoms with van der Waals surface area (Å²) in [5.74, 6) is 0. The van der Waals surface area contributed by atoms with Gasteiger partial charge < -0.3 is 4.98 Å². The molecule has 0 atom stereocenters. The lowest BCUT2D eigenvalue weighted by Gasteiger charge is -2.01. The van der Waals surface area contributed by atoms with E-state index in [1.165, 1.54) is 12.1 Å². The highest BCUT2D eigenvalue weighted by atomic mass is 19.4. The first kappa shape index (κ1) is 15.9. The molecule has 0 saturated heterocycles. The van der Waals surface area contributed by atoms with Crippen molar-refractivity contribution in [1.82, 2.24) is 15.2 Å². The Labute approximate surface area is 134 Å². The smallest absolute Gasteiger partial charge is 0.351 e. The number of alkyl halides is 3. The van der Waals surface area contributed by atoms with Crippen LogP contribution in [0.15, 0.2) is 47.3 Å². The zero-order chi connectivity index (χ0) is 17.2. The van der Waals surface area contributed by atoms with Gasteiger partial charge in [0.05, 0.1) is 10.6 Å². The number of halogens is 3. The maximum Gasteiger partial charge on any atom is 0.431 e. The van der Waals surface area contributed by atoms with Crippen LogP contribution < -0.4 is 16.1 Å². The van der Waals surface area contributed by atoms with Gasteiger partial charge in [-0.1, -0.05) is 36.4 Å². The van der Waals surface area contributed by atoms with Crippen molar-refractivity contribution in [3.63, 3.8) is 0 Å². The fourth-order valence-corrected chi connectivity index (χ4v) is 2.34. The van der Waals surface area contributed by atoms with Crippen LogP contribution in [0.4, 0.5) is 13.2 Å². The summed E-state index contributed by atoms with van der Waals surface area (Å²) in [7, 11) is 0. The van der Waals surface area contributed by atoms with Crippen LogP contribution in [-0.4, -0.2) is 15.2 Å². The number of hydrogen-bond donors (Lipinski definition) is 3. The van der Waals surface area contributed by atoms with Crippen molar-refractivity contribution >= 4 is 12.2 Å². The zero-order valence-electron chi connectivity index (χ0n) is 12.4. The van der Waals surface area contributed by atoms with E-state index in [0.717, 1.165) is 11.6 Å². The largest absolute Gasteiger partial charge is 0.431 e. The first-order valence-electron chi connectivity index (χ1n) is 7.22. The zero-order valence-corrected chi connectivity index (χ0v) is 12.4. The van der Waals surface area contributed by atoms with E-state index >= 15 is 0 Å². The molecule has 0 bridgehead atoms. The molecular weight excluding hydrogens is 319 g/mol. The molecule has 0 aliphatic rings. The third-order valence-electron chi connectivity index (χ3n) is 3.54. The molecule has 124 valence electrons. The second-order valence-corrected chi connectivity index (χ2v) is 5.27. The number of aromatic amines is 3. The van der Waals surface area contributed by atoms with Crippen LogP contribution in [0.1, 0.15) is 17.0 Å². The van der Waals surface area contributed by atoms with Crippen LogP contribution in [-0.2, 0) is 12.6 Å². The predicted molar refractivity (Wildman–Crippen MR) is 84.6 cm³/mol. The molecule has 0 saturated carbocycles. The molecule has 2 heterocycles. The average molecular weight is 333 g/mol. The van der Waals surface area contributed by atoms with Gasteiger partial charge in [-0.3, -0.25) is 15.0 Å². The Kier molecular flexibility index (Phi) is 4.16. The highest BCUT2D eigenvalue weighted by molar-refractivity contribution is 5.47. The lowest BCUT2D eigenvalue weighted by atomic mass is 10.1. The molecule has 3 rings (SSSR count). The molecule has 0 amide bonds. The fourth-order valence-electron chi connectivity index (χ4n) is 2.34. The Morgan fingerprint density at radius 3 is 2.42 bits per heavy atom. The number of rotatable bonds is 3. The minimum absolute atomic E-state index is 0.210. The van der Waals surface area contributed by atoms with Crippen LogP contribution in [0.25, 0.3) is 12.2 Å². The maximum atomic E-state index is 12.6. The molecule has 24 heavy (non-hydrogen) atoms. The van der Waals surface area contributed by atoms with Gasteiger partial charge in [0.15, 0.2) is 0 Å². The van der Waals surface area contributed by atoms with E-state index in [2.05, 4.69) is 15.2 Å². The van der Waals surface area contributed by atoms with Crippen LogP contribution >= 0.6 is 0 Å². The number of hydrogen-bond acceptors (Lipinski definition) is 1. The van der Waals surface area contributed by atoms with E-state index < -0.39 is 17.4 Å². The molecule has 7 heteroatoms. The van der Waals surface area contributed by atoms with Crippen molar-refractivity contribution in [2.75, 3.05) is 0 Å². The SMILES string of the molecule is O=c1[nH][nH]c(=CCc2ccccc2)c1=Cc1ccc(C(F)(F)F)[nH]1. The van der Waals surface area contributed by atoms with Gasteiger partial charge in [-0.05, 0) is 30.2 Å². The molecule has 3 N–H and O–H groups in total. The summed E-state index contributed by atoms with van der Waals surface area (Å²) in [6.07, 6.45) is -0.652. The van der Waals surface area contributed by atoms with E-state index in [4.69, 9.17) is 0 Å². The van der Waals surface area contributed by atoms with Gasteiger partial charge in [0, 0.05) is 5.69 Å². The molecule has 0 aliphatic carbocycles. The number of benzene rings is 1. The number of H-pyrrole nitrogens is 3. The molecule has 0 spiro atoms. The lowest BCUT2D eigenvalue weighted by Crippen LogP contribution is -2.33. The van der Waals surface area contributed by atoms with E-state index in [-0.39, 0.29) is 10.9 Å². The van der Waals surface area contributed by atoms with Gasteiger partial charge in [-0.25, -0.2) is 0 Å². The molecule has 0 unspecified atom stereocenters. The highest BCUT2D eigenvalue weighted by Gasteiger charge is 2.31. The topological polar surface area (TPSA) is 64.4 Å². The minimum atomic E-state index is -4.45. The van der Waals surface area contributed by atoms with Crippen LogP contribution in [0.3, 0.4) is 0 Å². The number of nitrogens with one attached hydrogen (secondary N) is 3. The van der Waals surface area contributed by atoms with Crippen molar-refractivity contribution < 1.29 is 13.2 Å². The van der Waals surface area contributed by atoms with Gasteiger partial charge in [0.2, 0.25) is 0 Å². The summed E-state index contributed by atoms with van der Waals surface area (Å²) in [5, 5.41) is 6.01. The van der Waals surface area contributed by atoms with E-state index in [9.17, 15) is 18.0 Å². The van der Waals surface area contributed by atoms with E-state index in [1.54, 1.807) is 0 Å². The first-order valence-corrected chi connectivity index (χ1v) is 7.22. The molecule has 2 aromatic heterocycles. The van der Waals surface area contributed by atoms with Crippen molar-refractivity contribution in [2.45, 2.75) is 12.6 Å². The Morgan fingerprint density at radius 2 is 1.75 bits per heavy atom. The van der Waals surface area contributed by atoms with Crippen LogP contribution in [0.2, 0.25) is 0 Å². The second-order valence-electron chi connectivity index (χ2n) is 5.27. The lowest BCUT2D eigenvalue weighted by molar-refractivity contribution is -0.140. The van der Waals surface area contributed by atoms with E-state index in [0.29, 0.717) is 11.8 Å². The molecular formula is C17H14F3N3O. The summed E-state index contributed by atoms with van der Waals surface area (Å²) in [6, 6.07) is 11.9. The van der Waals surface area contributed by atoms with Crippen molar-refractivity contribution in [1.29, 1.82) is 0 Å². The Bertz CT molecular complexity index is 994. The molecule has 0 radical (unpaired) electrons. The summed E-state index contributed by atoms with van der Waals surface area (Å²) in [4.78, 5) is 14.1. The minimum Gasteiger partial charge on any atom is -0.351 e. The van der Waals surface area contributed by atoms with Crippen LogP contribution in [0.5, 0.6) is 0 Å². The molecule has 3 aromatic rings. The first-order chi connectivity index (χ1) is 11.4. The Hall–Kier alpha value is -2.96. The fraction of sp³-hybridized carbons (Fsp3) is 0.118. The molecule has 0 fully saturated rings. The normalized spacial score (nSPS) is 13.6. The second kappa shape index (κ2) is 6.27. The van der Waals surface area contributed by atoms with Gasteiger partial charge >= 0.3 is 6.18 Å². The molecule has 0 aliphatic heterocycles. The third kappa shape index (κ3) is 3.51. The Morgan fingerprint density at radius 1 is 1.00 bits per heavy atom. The van der Waals surface area contributed by atoms with Crippen molar-refractivity contribution in [2.24, 2.45) is 0 Å². The Balaban J connectivity index is 1.98. The summed E-state index contributed by atoms with van der Waals surface area (Å²) < 4.78 is 37.9. The van der Waals surface area contributed by atoms with Gasteiger partial charge in [0.1, 0.15) is 5.69 Å². The van der Waals surface area contributed by atoms with Gasteiger partial charge in [-0.2, -0.15) is 13.2 Å². The van der Waals surface area contributed by atoms with Gasteiger partial charge in [-0.15, -0.1) is 0 Å². The summed E-state index contributed by atoms with van der Waals surface area (Å²) >= 11 is 0. The standard InChI is InChI=1S/C17H14F3N3O/c18-17(19,20)15-9-7-12(21-15)10-13-14(22-23-16(13)24)8-6-11-4-2-1-3-5-11/h1-5,7-10,21-22H,6H2,(H,23,24). The van der Waals surface area contributed by atoms with Crippen molar-refractivity contribution in [3.05, 3.63) is 80.3 Å². The molecule has 1 aromatic carbocycles. The highest BCUT2D eigenvalue weighted by Crippen LogP contribution is 2.28. The van der Waals surface area contributed by atoms with Crippen LogP contribution in [0, 0.1) is 0 Å². The molecule has 4 nitrogen and oxygen atoms in total. The third-order valence-corrected chi connectivity index (χ3v) is 3.54. The van der Waals surface area contributed by atoms with Crippen molar-refractivity contribution in [3.8, 4) is 0 Å². The quantitative estimate of drug-likeness (QED) is 0.673. The van der Waals surface area contributed by atoms with E-state index in [1.807, 2.05) is 36.4 Å². The summed E-state index contributed by atoms with van der Waals surface area (Å²) in [5.41, 5.74) is 0.0273. The van der Waals surface area contributed by atoms with Gasteiger partial charge in [0.25, 0.3) is 5.56 Å². The number of aromatic nitrogens is 3. The monoisotopic (exact) mass is 333 g/mol. The predicted octanol–water partition coefficient (Wildman–Crippen LogP) is 1.90. The summed E-state index contributed by atoms with van der Waals surface area (Å²) in [6.45, 7) is 0. The maximum absolute atomic E-state index is 12.6. The average Bonchev–Trinajstić information content (AvgIpc) is 3.15.